The van der Waals surface area contributed by atoms with E-state index in [1.54, 1.807) is 16.7 Å². The first-order valence-corrected chi connectivity index (χ1v) is 8.01. The summed E-state index contributed by atoms with van der Waals surface area (Å²) in [5, 5.41) is 19.6. The number of halogens is 3. The van der Waals surface area contributed by atoms with E-state index in [9.17, 15) is 14.3 Å². The van der Waals surface area contributed by atoms with Crippen LogP contribution in [0, 0.1) is 5.82 Å². The van der Waals surface area contributed by atoms with Crippen LogP contribution in [0.4, 0.5) is 4.39 Å². The second-order valence-electron chi connectivity index (χ2n) is 4.84. The third-order valence-corrected chi connectivity index (χ3v) is 5.55. The molecule has 8 heteroatoms. The fourth-order valence-electron chi connectivity index (χ4n) is 2.32. The van der Waals surface area contributed by atoms with Crippen LogP contribution in [0.2, 0.25) is 0 Å². The number of benzene rings is 1. The van der Waals surface area contributed by atoms with Gasteiger partial charge in [-0.15, -0.1) is 0 Å². The molecule has 3 rings (SSSR count). The average molecular weight is 444 g/mol. The van der Waals surface area contributed by atoms with Crippen LogP contribution in [0.25, 0.3) is 10.9 Å². The number of fused-ring (bicyclic) bond motifs is 1. The van der Waals surface area contributed by atoms with E-state index in [1.165, 1.54) is 18.3 Å². The van der Waals surface area contributed by atoms with Gasteiger partial charge in [0.25, 0.3) is 0 Å². The van der Waals surface area contributed by atoms with Crippen molar-refractivity contribution in [2.24, 2.45) is 0 Å². The van der Waals surface area contributed by atoms with E-state index in [0.29, 0.717) is 26.5 Å². The summed E-state index contributed by atoms with van der Waals surface area (Å²) in [4.78, 5) is 14.9. The summed E-state index contributed by atoms with van der Waals surface area (Å²) < 4.78 is 16.0. The highest BCUT2D eigenvalue weighted by molar-refractivity contribution is 9.13. The summed E-state index contributed by atoms with van der Waals surface area (Å²) in [5.74, 6) is -2.03. The van der Waals surface area contributed by atoms with Crippen molar-refractivity contribution >= 4 is 48.7 Å². The zero-order valence-corrected chi connectivity index (χ0v) is 14.6. The first kappa shape index (κ1) is 15.9. The molecule has 0 amide bonds. The molecule has 0 aliphatic heterocycles. The van der Waals surface area contributed by atoms with Crippen LogP contribution < -0.4 is 0 Å². The molecule has 2 aromatic heterocycles. The number of carboxylic acid groups (broad SMARTS) is 1. The normalized spacial score (nSPS) is 11.1. The topological polar surface area (TPSA) is 75.3 Å². The van der Waals surface area contributed by atoms with Crippen LogP contribution in [0.15, 0.2) is 39.5 Å². The number of nitrogens with zero attached hydrogens (tertiary/aromatic N) is 2. The molecule has 0 fully saturated rings. The van der Waals surface area contributed by atoms with Gasteiger partial charge in [-0.25, -0.2) is 14.2 Å². The van der Waals surface area contributed by atoms with Gasteiger partial charge in [-0.05, 0) is 49.6 Å². The monoisotopic (exact) mass is 442 g/mol. The third-order valence-electron chi connectivity index (χ3n) is 3.42. The van der Waals surface area contributed by atoms with Gasteiger partial charge in [0.05, 0.1) is 21.6 Å². The maximum absolute atomic E-state index is 13.0. The lowest BCUT2D eigenvalue weighted by atomic mass is 10.2. The van der Waals surface area contributed by atoms with Gasteiger partial charge >= 0.3 is 5.97 Å². The Hall–Kier alpha value is -1.93. The van der Waals surface area contributed by atoms with Crippen LogP contribution in [-0.4, -0.2) is 25.7 Å². The van der Waals surface area contributed by atoms with E-state index in [-0.39, 0.29) is 5.82 Å². The number of carbonyl (C=O) groups is 1. The lowest BCUT2D eigenvalue weighted by Gasteiger charge is -2.08. The fraction of sp³-hybridized carbons (Fsp3) is 0.0667. The van der Waals surface area contributed by atoms with E-state index in [2.05, 4.69) is 36.8 Å². The van der Waals surface area contributed by atoms with Crippen molar-refractivity contribution in [3.05, 3.63) is 56.6 Å². The summed E-state index contributed by atoms with van der Waals surface area (Å²) >= 11 is 6.77. The van der Waals surface area contributed by atoms with Gasteiger partial charge in [-0.3, -0.25) is 0 Å². The molecule has 0 aliphatic rings. The number of aromatic carboxylic acids is 1. The fourth-order valence-corrected chi connectivity index (χ4v) is 3.44. The van der Waals surface area contributed by atoms with E-state index in [1.807, 2.05) is 0 Å². The van der Waals surface area contributed by atoms with Gasteiger partial charge in [0.2, 0.25) is 0 Å². The zero-order chi connectivity index (χ0) is 16.7. The number of rotatable bonds is 3. The molecule has 2 heterocycles. The van der Waals surface area contributed by atoms with Crippen LogP contribution in [0.3, 0.4) is 0 Å². The van der Waals surface area contributed by atoms with E-state index < -0.39 is 17.4 Å². The summed E-state index contributed by atoms with van der Waals surface area (Å²) in [6, 6.07) is 6.03. The molecule has 0 bridgehead atoms. The quantitative estimate of drug-likeness (QED) is 0.637. The molecule has 0 atom stereocenters. The lowest BCUT2D eigenvalue weighted by molar-refractivity contribution is 0.0687. The molecule has 1 aromatic carbocycles. The molecule has 0 unspecified atom stereocenters. The Balaban J connectivity index is 2.18. The maximum atomic E-state index is 13.0. The minimum atomic E-state index is -1.31. The summed E-state index contributed by atoms with van der Waals surface area (Å²) in [6.45, 7) is 0.399. The maximum Gasteiger partial charge on any atom is 0.358 e. The SMILES string of the molecule is O=C(O)c1ncc2c(c1O)c(Br)c(Br)n2Cc1ccc(F)cc1. The molecule has 0 saturated carbocycles. The molecular weight excluding hydrogens is 435 g/mol. The Labute approximate surface area is 146 Å². The van der Waals surface area contributed by atoms with Crippen molar-refractivity contribution in [2.45, 2.75) is 6.54 Å². The predicted molar refractivity (Wildman–Crippen MR) is 89.3 cm³/mol. The Morgan fingerprint density at radius 1 is 1.26 bits per heavy atom. The molecule has 0 radical (unpaired) electrons. The van der Waals surface area contributed by atoms with Crippen molar-refractivity contribution in [3.63, 3.8) is 0 Å². The third kappa shape index (κ3) is 2.72. The first-order valence-electron chi connectivity index (χ1n) is 6.43. The Morgan fingerprint density at radius 3 is 2.52 bits per heavy atom. The summed E-state index contributed by atoms with van der Waals surface area (Å²) in [6.07, 6.45) is 1.39. The molecule has 118 valence electrons. The largest absolute Gasteiger partial charge is 0.505 e. The lowest BCUT2D eigenvalue weighted by Crippen LogP contribution is -2.03. The van der Waals surface area contributed by atoms with Gasteiger partial charge in [0.15, 0.2) is 11.4 Å². The second kappa shape index (κ2) is 5.93. The van der Waals surface area contributed by atoms with Crippen LogP contribution in [-0.2, 0) is 6.54 Å². The van der Waals surface area contributed by atoms with Crippen molar-refractivity contribution in [2.75, 3.05) is 0 Å². The highest BCUT2D eigenvalue weighted by atomic mass is 79.9. The highest BCUT2D eigenvalue weighted by Crippen LogP contribution is 2.40. The zero-order valence-electron chi connectivity index (χ0n) is 11.4. The number of aromatic hydroxyl groups is 1. The second-order valence-corrected chi connectivity index (χ2v) is 6.38. The molecule has 3 aromatic rings. The molecule has 0 saturated heterocycles. The summed E-state index contributed by atoms with van der Waals surface area (Å²) in [5.41, 5.74) is 0.985. The predicted octanol–water partition coefficient (Wildman–Crippen LogP) is 4.15. The average Bonchev–Trinajstić information content (AvgIpc) is 2.75. The number of aromatic nitrogens is 2. The minimum absolute atomic E-state index is 0.322. The number of hydrogen-bond acceptors (Lipinski definition) is 3. The Bertz CT molecular complexity index is 923. The van der Waals surface area contributed by atoms with Gasteiger partial charge in [0.1, 0.15) is 10.4 Å². The summed E-state index contributed by atoms with van der Waals surface area (Å²) in [7, 11) is 0. The van der Waals surface area contributed by atoms with E-state index in [4.69, 9.17) is 5.11 Å². The molecule has 2 N–H and O–H groups in total. The number of carboxylic acids is 1. The van der Waals surface area contributed by atoms with Crippen molar-refractivity contribution in [3.8, 4) is 5.75 Å². The van der Waals surface area contributed by atoms with Crippen molar-refractivity contribution < 1.29 is 19.4 Å². The minimum Gasteiger partial charge on any atom is -0.505 e. The van der Waals surface area contributed by atoms with Crippen LogP contribution in [0.1, 0.15) is 16.1 Å². The number of hydrogen-bond donors (Lipinski definition) is 2. The molecule has 5 nitrogen and oxygen atoms in total. The first-order chi connectivity index (χ1) is 10.9. The Morgan fingerprint density at radius 2 is 1.91 bits per heavy atom. The van der Waals surface area contributed by atoms with Gasteiger partial charge in [0, 0.05) is 6.54 Å². The van der Waals surface area contributed by atoms with Crippen LogP contribution in [0.5, 0.6) is 5.75 Å². The van der Waals surface area contributed by atoms with Crippen molar-refractivity contribution in [1.29, 1.82) is 0 Å². The van der Waals surface area contributed by atoms with Crippen LogP contribution >= 0.6 is 31.9 Å². The van der Waals surface area contributed by atoms with Gasteiger partial charge in [-0.2, -0.15) is 0 Å². The standard InChI is InChI=1S/C15H9Br2FN2O3/c16-11-10-9(5-19-12(13(10)21)15(22)23)20(14(11)17)6-7-1-3-8(18)4-2-7/h1-5,21H,6H2,(H,22,23). The molecular formula is C15H9Br2FN2O3. The molecule has 23 heavy (non-hydrogen) atoms. The number of pyridine rings is 1. The highest BCUT2D eigenvalue weighted by Gasteiger charge is 2.22. The van der Waals surface area contributed by atoms with E-state index >= 15 is 0 Å². The van der Waals surface area contributed by atoms with Crippen molar-refractivity contribution in [1.82, 2.24) is 9.55 Å². The van der Waals surface area contributed by atoms with Gasteiger partial charge in [-0.1, -0.05) is 12.1 Å². The smallest absolute Gasteiger partial charge is 0.358 e. The molecule has 0 aliphatic carbocycles. The van der Waals surface area contributed by atoms with Gasteiger partial charge < -0.3 is 14.8 Å². The molecule has 0 spiro atoms. The van der Waals surface area contributed by atoms with E-state index in [0.717, 1.165) is 5.56 Å². The Kier molecular flexibility index (Phi) is 4.11.